The van der Waals surface area contributed by atoms with E-state index in [4.69, 9.17) is 0 Å². The summed E-state index contributed by atoms with van der Waals surface area (Å²) in [6, 6.07) is -0.276. The van der Waals surface area contributed by atoms with Gasteiger partial charge in [-0.15, -0.1) is 0 Å². The van der Waals surface area contributed by atoms with Gasteiger partial charge in [0.1, 0.15) is 6.04 Å². The molecule has 20 heavy (non-hydrogen) atoms. The Balaban J connectivity index is 2.39. The Labute approximate surface area is 122 Å². The van der Waals surface area contributed by atoms with E-state index in [1.165, 1.54) is 6.42 Å². The van der Waals surface area contributed by atoms with Gasteiger partial charge in [0.15, 0.2) is 0 Å². The second kappa shape index (κ2) is 7.07. The highest BCUT2D eigenvalue weighted by Gasteiger charge is 2.25. The molecular weight excluding hydrogens is 254 g/mol. The molecule has 1 fully saturated rings. The molecule has 0 aromatic heterocycles. The van der Waals surface area contributed by atoms with E-state index in [1.54, 1.807) is 6.92 Å². The van der Waals surface area contributed by atoms with E-state index in [0.717, 1.165) is 13.0 Å². The predicted molar refractivity (Wildman–Crippen MR) is 80.3 cm³/mol. The topological polar surface area (TPSA) is 70.2 Å². The van der Waals surface area contributed by atoms with Crippen LogP contribution >= 0.6 is 0 Å². The van der Waals surface area contributed by atoms with Crippen LogP contribution in [-0.2, 0) is 9.59 Å². The van der Waals surface area contributed by atoms with Crippen molar-refractivity contribution >= 4 is 11.8 Å². The van der Waals surface area contributed by atoms with Crippen molar-refractivity contribution < 1.29 is 9.59 Å². The first kappa shape index (κ1) is 17.0. The molecule has 0 saturated carbocycles. The minimum absolute atomic E-state index is 0.0622. The van der Waals surface area contributed by atoms with E-state index in [1.807, 2.05) is 20.8 Å². The fourth-order valence-electron chi connectivity index (χ4n) is 2.43. The second-order valence-corrected chi connectivity index (χ2v) is 6.91. The van der Waals surface area contributed by atoms with E-state index in [-0.39, 0.29) is 23.4 Å². The molecule has 3 unspecified atom stereocenters. The minimum Gasteiger partial charge on any atom is -0.350 e. The number of hydrogen-bond acceptors (Lipinski definition) is 3. The van der Waals surface area contributed by atoms with Crippen LogP contribution in [0.2, 0.25) is 0 Å². The van der Waals surface area contributed by atoms with Crippen molar-refractivity contribution in [2.75, 3.05) is 6.54 Å². The zero-order valence-corrected chi connectivity index (χ0v) is 13.4. The van der Waals surface area contributed by atoms with Crippen molar-refractivity contribution in [2.24, 2.45) is 5.92 Å². The number of rotatable bonds is 4. The molecule has 116 valence electrons. The van der Waals surface area contributed by atoms with E-state index in [2.05, 4.69) is 22.9 Å². The zero-order chi connectivity index (χ0) is 15.3. The Bertz CT molecular complexity index is 350. The molecule has 5 nitrogen and oxygen atoms in total. The Morgan fingerprint density at radius 2 is 2.00 bits per heavy atom. The molecule has 1 rings (SSSR count). The maximum absolute atomic E-state index is 12.0. The summed E-state index contributed by atoms with van der Waals surface area (Å²) in [6.07, 6.45) is 2.77. The standard InChI is InChI=1S/C15H29N3O2/c1-10-7-6-8-16-12(10)9-13(19)17-11(2)14(20)18-15(3,4)5/h10-12,16H,6-9H2,1-5H3,(H,17,19)(H,18,20). The summed E-state index contributed by atoms with van der Waals surface area (Å²) in [7, 11) is 0. The zero-order valence-electron chi connectivity index (χ0n) is 13.4. The third-order valence-electron chi connectivity index (χ3n) is 3.60. The fourth-order valence-corrected chi connectivity index (χ4v) is 2.43. The molecule has 1 aliphatic rings. The van der Waals surface area contributed by atoms with Gasteiger partial charge in [0.2, 0.25) is 11.8 Å². The van der Waals surface area contributed by atoms with Crippen LogP contribution in [0.15, 0.2) is 0 Å². The van der Waals surface area contributed by atoms with Crippen molar-refractivity contribution in [1.82, 2.24) is 16.0 Å². The molecule has 2 amide bonds. The van der Waals surface area contributed by atoms with Crippen LogP contribution in [0.4, 0.5) is 0 Å². The van der Waals surface area contributed by atoms with Crippen LogP contribution in [0, 0.1) is 5.92 Å². The smallest absolute Gasteiger partial charge is 0.242 e. The number of piperidine rings is 1. The predicted octanol–water partition coefficient (Wildman–Crippen LogP) is 1.18. The van der Waals surface area contributed by atoms with Crippen LogP contribution in [0.3, 0.4) is 0 Å². The van der Waals surface area contributed by atoms with Crippen LogP contribution in [0.1, 0.15) is 53.9 Å². The van der Waals surface area contributed by atoms with Crippen LogP contribution in [-0.4, -0.2) is 36.0 Å². The lowest BCUT2D eigenvalue weighted by Gasteiger charge is -2.30. The molecule has 0 spiro atoms. The van der Waals surface area contributed by atoms with Crippen LogP contribution in [0.5, 0.6) is 0 Å². The molecule has 1 saturated heterocycles. The molecule has 5 heteroatoms. The first-order valence-corrected chi connectivity index (χ1v) is 7.54. The molecule has 3 N–H and O–H groups in total. The monoisotopic (exact) mass is 283 g/mol. The lowest BCUT2D eigenvalue weighted by molar-refractivity contribution is -0.129. The second-order valence-electron chi connectivity index (χ2n) is 6.91. The first-order chi connectivity index (χ1) is 9.19. The van der Waals surface area contributed by atoms with Gasteiger partial charge in [0, 0.05) is 18.0 Å². The van der Waals surface area contributed by atoms with Gasteiger partial charge in [0.25, 0.3) is 0 Å². The summed E-state index contributed by atoms with van der Waals surface area (Å²) >= 11 is 0. The van der Waals surface area contributed by atoms with E-state index < -0.39 is 6.04 Å². The highest BCUT2D eigenvalue weighted by atomic mass is 16.2. The van der Waals surface area contributed by atoms with Crippen molar-refractivity contribution in [3.8, 4) is 0 Å². The Morgan fingerprint density at radius 3 is 2.55 bits per heavy atom. The highest BCUT2D eigenvalue weighted by Crippen LogP contribution is 2.17. The van der Waals surface area contributed by atoms with Crippen molar-refractivity contribution in [3.63, 3.8) is 0 Å². The normalized spacial score (nSPS) is 24.9. The molecule has 1 aliphatic heterocycles. The van der Waals surface area contributed by atoms with Gasteiger partial charge in [-0.1, -0.05) is 6.92 Å². The summed E-state index contributed by atoms with van der Waals surface area (Å²) in [6.45, 7) is 10.6. The third kappa shape index (κ3) is 5.90. The van der Waals surface area contributed by atoms with Gasteiger partial charge in [-0.05, 0) is 53.0 Å². The van der Waals surface area contributed by atoms with Gasteiger partial charge in [-0.3, -0.25) is 9.59 Å². The summed E-state index contributed by atoms with van der Waals surface area (Å²) in [5.41, 5.74) is -0.282. The molecule has 0 bridgehead atoms. The van der Waals surface area contributed by atoms with Gasteiger partial charge in [-0.25, -0.2) is 0 Å². The average molecular weight is 283 g/mol. The summed E-state index contributed by atoms with van der Waals surface area (Å²) in [5, 5.41) is 9.03. The molecule has 3 atom stereocenters. The summed E-state index contributed by atoms with van der Waals surface area (Å²) in [4.78, 5) is 23.9. The van der Waals surface area contributed by atoms with Gasteiger partial charge in [0.05, 0.1) is 0 Å². The lowest BCUT2D eigenvalue weighted by Crippen LogP contribution is -2.52. The van der Waals surface area contributed by atoms with E-state index in [9.17, 15) is 9.59 Å². The highest BCUT2D eigenvalue weighted by molar-refractivity contribution is 5.87. The van der Waals surface area contributed by atoms with Crippen molar-refractivity contribution in [3.05, 3.63) is 0 Å². The van der Waals surface area contributed by atoms with E-state index in [0.29, 0.717) is 12.3 Å². The largest absolute Gasteiger partial charge is 0.350 e. The number of nitrogens with one attached hydrogen (secondary N) is 3. The Hall–Kier alpha value is -1.10. The van der Waals surface area contributed by atoms with E-state index >= 15 is 0 Å². The number of carbonyl (C=O) groups is 2. The first-order valence-electron chi connectivity index (χ1n) is 7.54. The maximum atomic E-state index is 12.0. The molecule has 0 radical (unpaired) electrons. The van der Waals surface area contributed by atoms with Gasteiger partial charge < -0.3 is 16.0 Å². The molecule has 1 heterocycles. The quantitative estimate of drug-likeness (QED) is 0.726. The minimum atomic E-state index is -0.499. The average Bonchev–Trinajstić information content (AvgIpc) is 2.29. The summed E-state index contributed by atoms with van der Waals surface area (Å²) < 4.78 is 0. The van der Waals surface area contributed by atoms with Crippen LogP contribution < -0.4 is 16.0 Å². The van der Waals surface area contributed by atoms with Crippen LogP contribution in [0.25, 0.3) is 0 Å². The van der Waals surface area contributed by atoms with Gasteiger partial charge in [-0.2, -0.15) is 0 Å². The maximum Gasteiger partial charge on any atom is 0.242 e. The third-order valence-corrected chi connectivity index (χ3v) is 3.60. The molecule has 0 aromatic rings. The summed E-state index contributed by atoms with van der Waals surface area (Å²) in [5.74, 6) is 0.302. The Morgan fingerprint density at radius 1 is 1.35 bits per heavy atom. The number of carbonyl (C=O) groups excluding carboxylic acids is 2. The molecular formula is C15H29N3O2. The molecule has 0 aliphatic carbocycles. The van der Waals surface area contributed by atoms with Crippen molar-refractivity contribution in [1.29, 1.82) is 0 Å². The fraction of sp³-hybridized carbons (Fsp3) is 0.867. The number of hydrogen-bond donors (Lipinski definition) is 3. The SMILES string of the molecule is CC(NC(=O)CC1NCCCC1C)C(=O)NC(C)(C)C. The lowest BCUT2D eigenvalue weighted by atomic mass is 9.90. The van der Waals surface area contributed by atoms with Crippen molar-refractivity contribution in [2.45, 2.75) is 71.5 Å². The van der Waals surface area contributed by atoms with Gasteiger partial charge >= 0.3 is 0 Å². The Kier molecular flexibility index (Phi) is 5.99. The number of amides is 2. The molecule has 0 aromatic carbocycles.